The molecule has 1 aromatic heterocycles. The van der Waals surface area contributed by atoms with E-state index in [4.69, 9.17) is 9.15 Å². The minimum Gasteiger partial charge on any atom is -0.503 e. The molecule has 2 aromatic carbocycles. The maximum atomic E-state index is 13.6. The van der Waals surface area contributed by atoms with Gasteiger partial charge >= 0.3 is 0 Å². The molecule has 164 valence electrons. The van der Waals surface area contributed by atoms with Crippen LogP contribution in [0.1, 0.15) is 40.6 Å². The van der Waals surface area contributed by atoms with Crippen LogP contribution in [0.4, 0.5) is 0 Å². The SMILES string of the molecule is Cc1ccccc1C1C(C(=O)c2cc3cc(Br)ccc3o2)=C(O)C(=O)N1CC1CCCO1. The van der Waals surface area contributed by atoms with Crippen molar-refractivity contribution in [2.45, 2.75) is 31.9 Å². The molecular weight excluding hydrogens is 474 g/mol. The van der Waals surface area contributed by atoms with E-state index < -0.39 is 23.5 Å². The van der Waals surface area contributed by atoms with Gasteiger partial charge in [-0.2, -0.15) is 0 Å². The second-order valence-corrected chi connectivity index (χ2v) is 9.15. The first-order valence-electron chi connectivity index (χ1n) is 10.6. The van der Waals surface area contributed by atoms with Crippen molar-refractivity contribution < 1.29 is 23.8 Å². The van der Waals surface area contributed by atoms with E-state index >= 15 is 0 Å². The van der Waals surface area contributed by atoms with E-state index in [0.29, 0.717) is 18.7 Å². The predicted molar refractivity (Wildman–Crippen MR) is 123 cm³/mol. The van der Waals surface area contributed by atoms with Gasteiger partial charge in [-0.3, -0.25) is 9.59 Å². The van der Waals surface area contributed by atoms with Gasteiger partial charge in [0.1, 0.15) is 5.58 Å². The van der Waals surface area contributed by atoms with Crippen LogP contribution in [0.3, 0.4) is 0 Å². The maximum Gasteiger partial charge on any atom is 0.290 e. The van der Waals surface area contributed by atoms with E-state index in [1.54, 1.807) is 17.0 Å². The van der Waals surface area contributed by atoms with Crippen LogP contribution in [0.25, 0.3) is 11.0 Å². The molecule has 0 spiro atoms. The summed E-state index contributed by atoms with van der Waals surface area (Å²) >= 11 is 3.42. The Bertz CT molecular complexity index is 1250. The lowest BCUT2D eigenvalue weighted by Gasteiger charge is -2.29. The molecule has 2 atom stereocenters. The Morgan fingerprint density at radius 2 is 2.03 bits per heavy atom. The third-order valence-corrected chi connectivity index (χ3v) is 6.65. The molecule has 3 heterocycles. The summed E-state index contributed by atoms with van der Waals surface area (Å²) in [5, 5.41) is 11.6. The van der Waals surface area contributed by atoms with E-state index in [1.807, 2.05) is 43.3 Å². The van der Waals surface area contributed by atoms with Crippen molar-refractivity contribution in [3.05, 3.63) is 81.2 Å². The highest BCUT2D eigenvalue weighted by Gasteiger charge is 2.45. The summed E-state index contributed by atoms with van der Waals surface area (Å²) < 4.78 is 12.4. The van der Waals surface area contributed by atoms with E-state index in [1.165, 1.54) is 0 Å². The van der Waals surface area contributed by atoms with Crippen LogP contribution in [0.2, 0.25) is 0 Å². The fraction of sp³-hybridized carbons (Fsp3) is 0.280. The number of halogens is 1. The van der Waals surface area contributed by atoms with Gasteiger partial charge in [0.15, 0.2) is 11.5 Å². The number of ether oxygens (including phenoxy) is 1. The van der Waals surface area contributed by atoms with Gasteiger partial charge in [0, 0.05) is 23.0 Å². The summed E-state index contributed by atoms with van der Waals surface area (Å²) in [5.41, 5.74) is 2.33. The number of rotatable bonds is 5. The Morgan fingerprint density at radius 1 is 1.22 bits per heavy atom. The lowest BCUT2D eigenvalue weighted by molar-refractivity contribution is -0.131. The number of aliphatic hydroxyl groups excluding tert-OH is 1. The monoisotopic (exact) mass is 495 g/mol. The number of ketones is 1. The van der Waals surface area contributed by atoms with Crippen LogP contribution in [-0.4, -0.2) is 41.0 Å². The first-order valence-corrected chi connectivity index (χ1v) is 11.4. The largest absolute Gasteiger partial charge is 0.503 e. The van der Waals surface area contributed by atoms with Crippen LogP contribution >= 0.6 is 15.9 Å². The number of carbonyl (C=O) groups is 2. The Kier molecular flexibility index (Phi) is 5.39. The van der Waals surface area contributed by atoms with Crippen molar-refractivity contribution in [1.82, 2.24) is 4.90 Å². The summed E-state index contributed by atoms with van der Waals surface area (Å²) in [6.07, 6.45) is 1.66. The number of benzene rings is 2. The Hall–Kier alpha value is -2.90. The number of aliphatic hydroxyl groups is 1. The molecule has 1 fully saturated rings. The standard InChI is InChI=1S/C25H22BrNO5/c1-14-5-2-3-7-18(14)22-21(24(29)25(30)27(22)13-17-6-4-10-31-17)23(28)20-12-15-11-16(26)8-9-19(15)32-20/h2-3,5,7-9,11-12,17,22,29H,4,6,10,13H2,1H3. The molecule has 0 bridgehead atoms. The molecule has 2 unspecified atom stereocenters. The summed E-state index contributed by atoms with van der Waals surface area (Å²) in [6.45, 7) is 2.90. The summed E-state index contributed by atoms with van der Waals surface area (Å²) in [7, 11) is 0. The number of nitrogens with zero attached hydrogens (tertiary/aromatic N) is 1. The second kappa shape index (κ2) is 8.22. The van der Waals surface area contributed by atoms with Crippen molar-refractivity contribution in [3.63, 3.8) is 0 Å². The summed E-state index contributed by atoms with van der Waals surface area (Å²) in [4.78, 5) is 28.3. The van der Waals surface area contributed by atoms with E-state index in [9.17, 15) is 14.7 Å². The maximum absolute atomic E-state index is 13.6. The van der Waals surface area contributed by atoms with Gasteiger partial charge in [0.05, 0.1) is 17.7 Å². The van der Waals surface area contributed by atoms with E-state index in [-0.39, 0.29) is 17.4 Å². The van der Waals surface area contributed by atoms with Crippen LogP contribution in [0, 0.1) is 6.92 Å². The highest BCUT2D eigenvalue weighted by Crippen LogP contribution is 2.41. The van der Waals surface area contributed by atoms with Gasteiger partial charge in [0.25, 0.3) is 5.91 Å². The van der Waals surface area contributed by atoms with Crippen LogP contribution in [0.15, 0.2) is 68.8 Å². The number of carbonyl (C=O) groups excluding carboxylic acids is 2. The number of furan rings is 1. The molecule has 1 amide bonds. The van der Waals surface area contributed by atoms with Gasteiger partial charge < -0.3 is 19.2 Å². The molecule has 32 heavy (non-hydrogen) atoms. The Labute approximate surface area is 193 Å². The van der Waals surface area contributed by atoms with Crippen LogP contribution in [-0.2, 0) is 9.53 Å². The number of aryl methyl sites for hydroxylation is 1. The normalized spacial score (nSPS) is 21.2. The highest BCUT2D eigenvalue weighted by molar-refractivity contribution is 9.10. The number of hydrogen-bond donors (Lipinski definition) is 1. The first kappa shape index (κ1) is 21.0. The van der Waals surface area contributed by atoms with E-state index in [0.717, 1.165) is 33.8 Å². The van der Waals surface area contributed by atoms with Gasteiger partial charge in [-0.1, -0.05) is 40.2 Å². The third-order valence-electron chi connectivity index (χ3n) is 6.16. The molecule has 7 heteroatoms. The topological polar surface area (TPSA) is 80.0 Å². The molecule has 1 saturated heterocycles. The number of fused-ring (bicyclic) bond motifs is 1. The summed E-state index contributed by atoms with van der Waals surface area (Å²) in [6, 6.07) is 14.0. The number of amides is 1. The first-order chi connectivity index (χ1) is 15.4. The molecular formula is C25H22BrNO5. The molecule has 0 aliphatic carbocycles. The van der Waals surface area contributed by atoms with Crippen LogP contribution in [0.5, 0.6) is 0 Å². The zero-order chi connectivity index (χ0) is 22.4. The third kappa shape index (κ3) is 3.55. The minimum absolute atomic E-state index is 0.0421. The highest BCUT2D eigenvalue weighted by atomic mass is 79.9. The Balaban J connectivity index is 1.59. The smallest absolute Gasteiger partial charge is 0.290 e. The molecule has 3 aromatic rings. The van der Waals surface area contributed by atoms with Gasteiger partial charge in [-0.25, -0.2) is 0 Å². The lowest BCUT2D eigenvalue weighted by atomic mass is 9.92. The molecule has 6 nitrogen and oxygen atoms in total. The molecule has 5 rings (SSSR count). The van der Waals surface area contributed by atoms with Gasteiger partial charge in [-0.15, -0.1) is 0 Å². The second-order valence-electron chi connectivity index (χ2n) is 8.24. The minimum atomic E-state index is -0.708. The number of hydrogen-bond acceptors (Lipinski definition) is 5. The molecule has 2 aliphatic rings. The average molecular weight is 496 g/mol. The van der Waals surface area contributed by atoms with Crippen molar-refractivity contribution in [2.75, 3.05) is 13.2 Å². The molecule has 1 N–H and O–H groups in total. The molecule has 0 saturated carbocycles. The zero-order valence-corrected chi connectivity index (χ0v) is 19.1. The van der Waals surface area contributed by atoms with Gasteiger partial charge in [0.2, 0.25) is 5.78 Å². The van der Waals surface area contributed by atoms with Crippen molar-refractivity contribution in [2.24, 2.45) is 0 Å². The molecule has 0 radical (unpaired) electrons. The van der Waals surface area contributed by atoms with Gasteiger partial charge in [-0.05, 0) is 55.2 Å². The average Bonchev–Trinajstić information content (AvgIpc) is 3.49. The number of Topliss-reactive ketones (excluding diaryl/α,β-unsaturated/α-hetero) is 1. The van der Waals surface area contributed by atoms with Crippen molar-refractivity contribution in [3.8, 4) is 0 Å². The fourth-order valence-electron chi connectivity index (χ4n) is 4.56. The zero-order valence-electron chi connectivity index (χ0n) is 17.5. The quantitative estimate of drug-likeness (QED) is 0.488. The van der Waals surface area contributed by atoms with E-state index in [2.05, 4.69) is 15.9 Å². The van der Waals surface area contributed by atoms with Crippen LogP contribution < -0.4 is 0 Å². The van der Waals surface area contributed by atoms with Crippen molar-refractivity contribution in [1.29, 1.82) is 0 Å². The Morgan fingerprint density at radius 3 is 2.78 bits per heavy atom. The lowest BCUT2D eigenvalue weighted by Crippen LogP contribution is -2.37. The predicted octanol–water partition coefficient (Wildman–Crippen LogP) is 5.26. The fourth-order valence-corrected chi connectivity index (χ4v) is 4.94. The summed E-state index contributed by atoms with van der Waals surface area (Å²) in [5.74, 6) is -1.49. The van der Waals surface area contributed by atoms with Crippen molar-refractivity contribution >= 4 is 38.6 Å². The molecule has 2 aliphatic heterocycles.